The van der Waals surface area contributed by atoms with Crippen molar-refractivity contribution in [3.8, 4) is 0 Å². The maximum atomic E-state index is 13.7. The van der Waals surface area contributed by atoms with Crippen molar-refractivity contribution >= 4 is 34.9 Å². The van der Waals surface area contributed by atoms with Crippen molar-refractivity contribution in [3.63, 3.8) is 0 Å². The molecule has 4 rings (SSSR count). The van der Waals surface area contributed by atoms with Crippen molar-refractivity contribution in [2.24, 2.45) is 5.92 Å². The smallest absolute Gasteiger partial charge is 0.353 e. The predicted molar refractivity (Wildman–Crippen MR) is 132 cm³/mol. The van der Waals surface area contributed by atoms with Crippen molar-refractivity contribution in [2.75, 3.05) is 36.5 Å². The lowest BCUT2D eigenvalue weighted by molar-refractivity contribution is -0.137. The van der Waals surface area contributed by atoms with Gasteiger partial charge in [0.15, 0.2) is 0 Å². The van der Waals surface area contributed by atoms with E-state index in [4.69, 9.17) is 11.6 Å². The van der Waals surface area contributed by atoms with Crippen LogP contribution in [-0.4, -0.2) is 55.6 Å². The Hall–Kier alpha value is -2.92. The summed E-state index contributed by atoms with van der Waals surface area (Å²) in [5, 5.41) is 6.08. The number of nitrogens with zero attached hydrogens (tertiary/aromatic N) is 3. The van der Waals surface area contributed by atoms with Crippen molar-refractivity contribution < 1.29 is 27.2 Å². The number of rotatable bonds is 5. The number of carbonyl (C=O) groups is 2. The minimum atomic E-state index is -4.60. The maximum Gasteiger partial charge on any atom is 0.416 e. The van der Waals surface area contributed by atoms with E-state index in [0.29, 0.717) is 5.69 Å². The van der Waals surface area contributed by atoms with Crippen molar-refractivity contribution in [1.29, 1.82) is 0 Å². The number of amides is 2. The molecule has 1 aromatic carbocycles. The minimum Gasteiger partial charge on any atom is -0.353 e. The molecule has 2 atom stereocenters. The van der Waals surface area contributed by atoms with Gasteiger partial charge in [0, 0.05) is 31.0 Å². The molecule has 0 spiro atoms. The van der Waals surface area contributed by atoms with Gasteiger partial charge in [-0.05, 0) is 69.6 Å². The molecule has 2 aliphatic rings. The number of anilines is 2. The summed E-state index contributed by atoms with van der Waals surface area (Å²) in [5.41, 5.74) is -0.438. The van der Waals surface area contributed by atoms with Crippen LogP contribution in [0, 0.1) is 18.7 Å². The van der Waals surface area contributed by atoms with Gasteiger partial charge in [-0.2, -0.15) is 13.2 Å². The Labute approximate surface area is 217 Å². The number of benzene rings is 1. The Kier molecular flexibility index (Phi) is 7.94. The van der Waals surface area contributed by atoms with Crippen LogP contribution >= 0.6 is 11.6 Å². The van der Waals surface area contributed by atoms with Gasteiger partial charge in [0.1, 0.15) is 17.7 Å². The van der Waals surface area contributed by atoms with Crippen LogP contribution in [0.5, 0.6) is 0 Å². The normalized spacial score (nSPS) is 20.7. The summed E-state index contributed by atoms with van der Waals surface area (Å²) < 4.78 is 54.3. The Morgan fingerprint density at radius 1 is 1.19 bits per heavy atom. The summed E-state index contributed by atoms with van der Waals surface area (Å²) in [6.45, 7) is 3.03. The second kappa shape index (κ2) is 10.8. The van der Waals surface area contributed by atoms with Gasteiger partial charge in [0.25, 0.3) is 0 Å². The average Bonchev–Trinajstić information content (AvgIpc) is 3.30. The third-order valence-corrected chi connectivity index (χ3v) is 7.11. The van der Waals surface area contributed by atoms with Crippen LogP contribution in [0.2, 0.25) is 5.02 Å². The fraction of sp³-hybridized carbons (Fsp3) is 0.480. The second-order valence-electron chi connectivity index (χ2n) is 9.48. The molecule has 2 amide bonds. The number of hydrogen-bond donors (Lipinski definition) is 2. The molecule has 2 saturated heterocycles. The van der Waals surface area contributed by atoms with Gasteiger partial charge in [-0.25, -0.2) is 9.37 Å². The van der Waals surface area contributed by atoms with Crippen LogP contribution in [0.4, 0.5) is 29.1 Å². The highest BCUT2D eigenvalue weighted by atomic mass is 35.5. The predicted octanol–water partition coefficient (Wildman–Crippen LogP) is 3.93. The Morgan fingerprint density at radius 3 is 2.54 bits per heavy atom. The van der Waals surface area contributed by atoms with Gasteiger partial charge >= 0.3 is 6.18 Å². The number of aromatic nitrogens is 1. The molecule has 3 heterocycles. The van der Waals surface area contributed by atoms with Crippen molar-refractivity contribution in [3.05, 3.63) is 52.4 Å². The fourth-order valence-corrected chi connectivity index (χ4v) is 4.98. The Bertz CT molecular complexity index is 1170. The van der Waals surface area contributed by atoms with E-state index in [9.17, 15) is 27.2 Å². The van der Waals surface area contributed by atoms with E-state index in [1.54, 1.807) is 0 Å². The molecule has 2 aliphatic heterocycles. The summed E-state index contributed by atoms with van der Waals surface area (Å²) in [5.74, 6) is -2.04. The molecule has 0 saturated carbocycles. The highest BCUT2D eigenvalue weighted by Crippen LogP contribution is 2.36. The number of likely N-dealkylation sites (N-methyl/N-ethyl adjacent to an activating group) is 1. The van der Waals surface area contributed by atoms with E-state index in [2.05, 4.69) is 15.6 Å². The molecule has 200 valence electrons. The molecule has 1 aromatic heterocycles. The lowest BCUT2D eigenvalue weighted by atomic mass is 10.0. The lowest BCUT2D eigenvalue weighted by Gasteiger charge is -2.29. The first-order valence-corrected chi connectivity index (χ1v) is 12.4. The van der Waals surface area contributed by atoms with Crippen LogP contribution in [0.1, 0.15) is 30.5 Å². The van der Waals surface area contributed by atoms with E-state index >= 15 is 0 Å². The highest BCUT2D eigenvalue weighted by Gasteiger charge is 2.43. The van der Waals surface area contributed by atoms with Gasteiger partial charge in [0.05, 0.1) is 16.5 Å². The molecule has 0 unspecified atom stereocenters. The molecule has 2 N–H and O–H groups in total. The van der Waals surface area contributed by atoms with E-state index in [1.165, 1.54) is 35.9 Å². The first-order chi connectivity index (χ1) is 17.4. The number of aryl methyl sites for hydroxylation is 1. The van der Waals surface area contributed by atoms with Crippen LogP contribution in [-0.2, 0) is 15.8 Å². The molecule has 0 bridgehead atoms. The lowest BCUT2D eigenvalue weighted by Crippen LogP contribution is -2.45. The zero-order valence-electron chi connectivity index (χ0n) is 20.4. The highest BCUT2D eigenvalue weighted by molar-refractivity contribution is 6.31. The largest absolute Gasteiger partial charge is 0.416 e. The fourth-order valence-electron chi connectivity index (χ4n) is 4.80. The molecule has 37 heavy (non-hydrogen) atoms. The standard InChI is InChI=1S/C25H28ClF4N5O2/c1-14-9-16(25(28,29)30)11-22(32-14)35-13-15(23(36)33-17-5-7-31-8-6-17)10-21(35)24(37)34(2)18-3-4-20(27)19(26)12-18/h3-4,9,11-12,15,17,21,31H,5-8,10,13H2,1-2H3,(H,33,36)/t15-,21-/m0/s1. The maximum absolute atomic E-state index is 13.7. The van der Waals surface area contributed by atoms with Gasteiger partial charge in [-0.3, -0.25) is 9.59 Å². The number of hydrogen-bond acceptors (Lipinski definition) is 5. The van der Waals surface area contributed by atoms with Crippen LogP contribution in [0.25, 0.3) is 0 Å². The SMILES string of the molecule is Cc1cc(C(F)(F)F)cc(N2C[C@@H](C(=O)NC3CCNCC3)C[C@H]2C(=O)N(C)c2ccc(F)c(Cl)c2)n1. The molecule has 0 aliphatic carbocycles. The Balaban J connectivity index is 1.64. The summed E-state index contributed by atoms with van der Waals surface area (Å²) >= 11 is 5.88. The molecule has 12 heteroatoms. The number of carbonyl (C=O) groups excluding carboxylic acids is 2. The molecule has 7 nitrogen and oxygen atoms in total. The first-order valence-electron chi connectivity index (χ1n) is 12.0. The third kappa shape index (κ3) is 6.15. The topological polar surface area (TPSA) is 77.6 Å². The molecular formula is C25H28ClF4N5O2. The van der Waals surface area contributed by atoms with E-state index in [-0.39, 0.29) is 41.4 Å². The van der Waals surface area contributed by atoms with Crippen LogP contribution in [0.15, 0.2) is 30.3 Å². The summed E-state index contributed by atoms with van der Waals surface area (Å²) in [7, 11) is 1.47. The molecule has 2 aromatic rings. The van der Waals surface area contributed by atoms with E-state index in [1.807, 2.05) is 0 Å². The van der Waals surface area contributed by atoms with E-state index in [0.717, 1.165) is 44.1 Å². The Morgan fingerprint density at radius 2 is 1.89 bits per heavy atom. The third-order valence-electron chi connectivity index (χ3n) is 6.83. The summed E-state index contributed by atoms with van der Waals surface area (Å²) in [6, 6.07) is 4.66. The van der Waals surface area contributed by atoms with E-state index < -0.39 is 35.4 Å². The second-order valence-corrected chi connectivity index (χ2v) is 9.89. The van der Waals surface area contributed by atoms with Crippen LogP contribution < -0.4 is 20.4 Å². The zero-order chi connectivity index (χ0) is 26.9. The van der Waals surface area contributed by atoms with Crippen molar-refractivity contribution in [2.45, 2.75) is 44.4 Å². The first kappa shape index (κ1) is 27.1. The monoisotopic (exact) mass is 541 g/mol. The van der Waals surface area contributed by atoms with Gasteiger partial charge in [0.2, 0.25) is 11.8 Å². The molecular weight excluding hydrogens is 514 g/mol. The molecule has 2 fully saturated rings. The molecule has 0 radical (unpaired) electrons. The number of alkyl halides is 3. The van der Waals surface area contributed by atoms with Gasteiger partial charge < -0.3 is 20.4 Å². The van der Waals surface area contributed by atoms with Gasteiger partial charge in [-0.1, -0.05) is 11.6 Å². The van der Waals surface area contributed by atoms with Crippen LogP contribution in [0.3, 0.4) is 0 Å². The number of halogens is 5. The number of piperidine rings is 1. The zero-order valence-corrected chi connectivity index (χ0v) is 21.2. The summed E-state index contributed by atoms with van der Waals surface area (Å²) in [4.78, 5) is 33.7. The number of pyridine rings is 1. The van der Waals surface area contributed by atoms with Gasteiger partial charge in [-0.15, -0.1) is 0 Å². The average molecular weight is 542 g/mol. The summed E-state index contributed by atoms with van der Waals surface area (Å²) in [6.07, 6.45) is -2.97. The minimum absolute atomic E-state index is 0.00471. The quantitative estimate of drug-likeness (QED) is 0.561. The number of nitrogens with one attached hydrogen (secondary N) is 2. The van der Waals surface area contributed by atoms with Crippen molar-refractivity contribution in [1.82, 2.24) is 15.6 Å².